The van der Waals surface area contributed by atoms with Gasteiger partial charge in [0.1, 0.15) is 4.32 Å². The summed E-state index contributed by atoms with van der Waals surface area (Å²) in [6.45, 7) is 3.97. The van der Waals surface area contributed by atoms with Gasteiger partial charge in [0.05, 0.1) is 6.61 Å². The lowest BCUT2D eigenvalue weighted by atomic mass is 10.0. The van der Waals surface area contributed by atoms with Crippen molar-refractivity contribution in [2.75, 3.05) is 6.61 Å². The summed E-state index contributed by atoms with van der Waals surface area (Å²) in [5.41, 5.74) is 0.879. The molecule has 0 fully saturated rings. The van der Waals surface area contributed by atoms with Crippen molar-refractivity contribution in [3.63, 3.8) is 0 Å². The highest BCUT2D eigenvalue weighted by Gasteiger charge is 2.33. The first-order valence-corrected chi connectivity index (χ1v) is 6.19. The summed E-state index contributed by atoms with van der Waals surface area (Å²) >= 11 is 6.74. The van der Waals surface area contributed by atoms with Crippen molar-refractivity contribution in [2.45, 2.75) is 18.2 Å². The Balaban J connectivity index is 2.94. The van der Waals surface area contributed by atoms with E-state index in [-0.39, 0.29) is 5.97 Å². The number of carbonyl (C=O) groups excluding carboxylic acids is 1. The number of halogens is 2. The van der Waals surface area contributed by atoms with E-state index in [1.165, 1.54) is 0 Å². The largest absolute Gasteiger partial charge is 0.465 e. The van der Waals surface area contributed by atoms with Crippen LogP contribution in [-0.2, 0) is 13.9 Å². The Labute approximate surface area is 106 Å². The molecule has 82 valence electrons. The minimum atomic E-state index is -0.774. The van der Waals surface area contributed by atoms with Gasteiger partial charge in [-0.15, -0.1) is 0 Å². The average molecular weight is 336 g/mol. The minimum Gasteiger partial charge on any atom is -0.465 e. The highest BCUT2D eigenvalue weighted by molar-refractivity contribution is 9.10. The Kier molecular flexibility index (Phi) is 4.34. The first-order chi connectivity index (χ1) is 6.98. The number of rotatable bonds is 3. The van der Waals surface area contributed by atoms with Gasteiger partial charge in [0, 0.05) is 4.47 Å². The van der Waals surface area contributed by atoms with Gasteiger partial charge >= 0.3 is 5.97 Å². The molecule has 1 rings (SSSR count). The Morgan fingerprint density at radius 2 is 1.93 bits per heavy atom. The molecule has 1 atom stereocenters. The molecular weight excluding hydrogens is 324 g/mol. The quantitative estimate of drug-likeness (QED) is 0.623. The van der Waals surface area contributed by atoms with Crippen LogP contribution in [0, 0.1) is 0 Å². The molecule has 0 N–H and O–H groups in total. The summed E-state index contributed by atoms with van der Waals surface area (Å²) in [6, 6.07) is 7.56. The van der Waals surface area contributed by atoms with Gasteiger partial charge in [-0.1, -0.05) is 44.0 Å². The predicted molar refractivity (Wildman–Crippen MR) is 67.1 cm³/mol. The van der Waals surface area contributed by atoms with Crippen LogP contribution in [0.2, 0.25) is 0 Å². The summed E-state index contributed by atoms with van der Waals surface area (Å²) < 4.78 is 5.20. The minimum absolute atomic E-state index is 0.271. The second-order valence-electron chi connectivity index (χ2n) is 3.23. The van der Waals surface area contributed by atoms with E-state index >= 15 is 0 Å². The maximum Gasteiger partial charge on any atom is 0.327 e. The van der Waals surface area contributed by atoms with Crippen molar-refractivity contribution < 1.29 is 9.53 Å². The molecule has 0 bridgehead atoms. The smallest absolute Gasteiger partial charge is 0.327 e. The predicted octanol–water partition coefficient (Wildman–Crippen LogP) is 3.62. The normalized spacial score (nSPS) is 14.4. The second kappa shape index (κ2) is 5.12. The fraction of sp³-hybridized carbons (Fsp3) is 0.364. The monoisotopic (exact) mass is 334 g/mol. The standard InChI is InChI=1S/C11H12Br2O2/c1-3-15-10(14)11(2,13)8-4-6-9(12)7-5-8/h4-7H,3H2,1-2H3. The van der Waals surface area contributed by atoms with Gasteiger partial charge in [0.15, 0.2) is 0 Å². The SMILES string of the molecule is CCOC(=O)C(C)(Br)c1ccc(Br)cc1. The topological polar surface area (TPSA) is 26.3 Å². The first kappa shape index (κ1) is 12.7. The zero-order valence-corrected chi connectivity index (χ0v) is 11.8. The molecular formula is C11H12Br2O2. The maximum atomic E-state index is 11.7. The first-order valence-electron chi connectivity index (χ1n) is 4.60. The van der Waals surface area contributed by atoms with Gasteiger partial charge in [-0.05, 0) is 31.5 Å². The zero-order valence-electron chi connectivity index (χ0n) is 8.59. The number of hydrogen-bond acceptors (Lipinski definition) is 2. The van der Waals surface area contributed by atoms with Crippen LogP contribution in [0.15, 0.2) is 28.7 Å². The third-order valence-electron chi connectivity index (χ3n) is 2.05. The molecule has 15 heavy (non-hydrogen) atoms. The van der Waals surface area contributed by atoms with Crippen LogP contribution in [0.3, 0.4) is 0 Å². The van der Waals surface area contributed by atoms with Crippen LogP contribution < -0.4 is 0 Å². The summed E-state index contributed by atoms with van der Waals surface area (Å²) in [4.78, 5) is 11.7. The molecule has 0 aliphatic rings. The lowest BCUT2D eigenvalue weighted by molar-refractivity contribution is -0.145. The Bertz CT molecular complexity index is 344. The van der Waals surface area contributed by atoms with Gasteiger partial charge in [-0.3, -0.25) is 4.79 Å². The van der Waals surface area contributed by atoms with Gasteiger partial charge in [-0.2, -0.15) is 0 Å². The van der Waals surface area contributed by atoms with E-state index in [2.05, 4.69) is 31.9 Å². The van der Waals surface area contributed by atoms with Crippen LogP contribution in [-0.4, -0.2) is 12.6 Å². The van der Waals surface area contributed by atoms with Crippen molar-refractivity contribution in [3.05, 3.63) is 34.3 Å². The highest BCUT2D eigenvalue weighted by Crippen LogP contribution is 2.32. The third-order valence-corrected chi connectivity index (χ3v) is 3.36. The Hall–Kier alpha value is -0.350. The number of alkyl halides is 1. The second-order valence-corrected chi connectivity index (χ2v) is 5.73. The summed E-state index contributed by atoms with van der Waals surface area (Å²) in [7, 11) is 0. The molecule has 0 saturated heterocycles. The van der Waals surface area contributed by atoms with E-state index in [4.69, 9.17) is 4.74 Å². The fourth-order valence-electron chi connectivity index (χ4n) is 1.15. The molecule has 1 aromatic rings. The van der Waals surface area contributed by atoms with Crippen molar-refractivity contribution >= 4 is 37.8 Å². The van der Waals surface area contributed by atoms with Gasteiger partial charge in [0.25, 0.3) is 0 Å². The fourth-order valence-corrected chi connectivity index (χ4v) is 1.79. The van der Waals surface area contributed by atoms with Crippen molar-refractivity contribution in [2.24, 2.45) is 0 Å². The summed E-state index contributed by atoms with van der Waals surface area (Å²) in [5, 5.41) is 0. The van der Waals surface area contributed by atoms with Crippen LogP contribution >= 0.6 is 31.9 Å². The van der Waals surface area contributed by atoms with E-state index < -0.39 is 4.32 Å². The molecule has 0 saturated carbocycles. The molecule has 0 aliphatic carbocycles. The van der Waals surface area contributed by atoms with E-state index in [0.717, 1.165) is 10.0 Å². The molecule has 0 aliphatic heterocycles. The number of hydrogen-bond donors (Lipinski definition) is 0. The van der Waals surface area contributed by atoms with E-state index in [0.29, 0.717) is 6.61 Å². The van der Waals surface area contributed by atoms with Crippen LogP contribution in [0.4, 0.5) is 0 Å². The van der Waals surface area contributed by atoms with E-state index in [1.54, 1.807) is 13.8 Å². The van der Waals surface area contributed by atoms with Crippen molar-refractivity contribution in [1.29, 1.82) is 0 Å². The molecule has 0 amide bonds. The van der Waals surface area contributed by atoms with Gasteiger partial charge in [0.2, 0.25) is 0 Å². The van der Waals surface area contributed by atoms with E-state index in [1.807, 2.05) is 24.3 Å². The number of carbonyl (C=O) groups is 1. The number of benzene rings is 1. The van der Waals surface area contributed by atoms with E-state index in [9.17, 15) is 4.79 Å². The molecule has 1 aromatic carbocycles. The maximum absolute atomic E-state index is 11.7. The molecule has 2 nitrogen and oxygen atoms in total. The Morgan fingerprint density at radius 1 is 1.40 bits per heavy atom. The van der Waals surface area contributed by atoms with Crippen molar-refractivity contribution in [3.8, 4) is 0 Å². The van der Waals surface area contributed by atoms with Crippen molar-refractivity contribution in [1.82, 2.24) is 0 Å². The highest BCUT2D eigenvalue weighted by atomic mass is 79.9. The average Bonchev–Trinajstić information content (AvgIpc) is 2.18. The zero-order chi connectivity index (χ0) is 11.5. The molecule has 4 heteroatoms. The molecule has 1 unspecified atom stereocenters. The summed E-state index contributed by atoms with van der Waals surface area (Å²) in [6.07, 6.45) is 0. The van der Waals surface area contributed by atoms with Crippen LogP contribution in [0.1, 0.15) is 19.4 Å². The lowest BCUT2D eigenvalue weighted by Gasteiger charge is -2.20. The Morgan fingerprint density at radius 3 is 2.40 bits per heavy atom. The lowest BCUT2D eigenvalue weighted by Crippen LogP contribution is -2.27. The third kappa shape index (κ3) is 3.05. The molecule has 0 heterocycles. The number of esters is 1. The molecule has 0 aromatic heterocycles. The van der Waals surface area contributed by atoms with Crippen LogP contribution in [0.5, 0.6) is 0 Å². The summed E-state index contributed by atoms with van der Waals surface area (Å²) in [5.74, 6) is -0.271. The molecule has 0 spiro atoms. The molecule has 0 radical (unpaired) electrons. The number of ether oxygens (including phenoxy) is 1. The van der Waals surface area contributed by atoms with Crippen LogP contribution in [0.25, 0.3) is 0 Å². The van der Waals surface area contributed by atoms with Gasteiger partial charge < -0.3 is 4.74 Å². The van der Waals surface area contributed by atoms with Gasteiger partial charge in [-0.25, -0.2) is 0 Å².